The van der Waals surface area contributed by atoms with Gasteiger partial charge in [0.1, 0.15) is 0 Å². The Balaban J connectivity index is 2.52. The Morgan fingerprint density at radius 1 is 1.56 bits per heavy atom. The van der Waals surface area contributed by atoms with Gasteiger partial charge in [-0.3, -0.25) is 4.79 Å². The number of carbonyl (C=O) groups excluding carboxylic acids is 1. The van der Waals surface area contributed by atoms with Crippen molar-refractivity contribution in [3.05, 3.63) is 10.4 Å². The highest BCUT2D eigenvalue weighted by atomic mass is 16.2. The second-order valence-electron chi connectivity index (χ2n) is 6.16. The molecule has 1 fully saturated rings. The molecule has 0 spiro atoms. The molecule has 18 heavy (non-hydrogen) atoms. The van der Waals surface area contributed by atoms with E-state index in [-0.39, 0.29) is 17.2 Å². The molecule has 0 bridgehead atoms. The van der Waals surface area contributed by atoms with E-state index in [1.165, 1.54) is 0 Å². The van der Waals surface area contributed by atoms with Gasteiger partial charge in [-0.1, -0.05) is 19.0 Å². The van der Waals surface area contributed by atoms with Crippen LogP contribution in [0.2, 0.25) is 0 Å². The van der Waals surface area contributed by atoms with E-state index in [1.54, 1.807) is 0 Å². The molecule has 1 saturated heterocycles. The zero-order valence-corrected chi connectivity index (χ0v) is 11.8. The number of azide groups is 1. The van der Waals surface area contributed by atoms with Gasteiger partial charge in [-0.2, -0.15) is 0 Å². The number of hydrogen-bond acceptors (Lipinski definition) is 3. The van der Waals surface area contributed by atoms with Gasteiger partial charge in [0, 0.05) is 37.5 Å². The van der Waals surface area contributed by atoms with Crippen LogP contribution in [0.4, 0.5) is 0 Å². The quantitative estimate of drug-likeness (QED) is 0.411. The van der Waals surface area contributed by atoms with Crippen molar-refractivity contribution in [2.45, 2.75) is 20.3 Å². The summed E-state index contributed by atoms with van der Waals surface area (Å²) in [5.74, 6) is 0.364. The van der Waals surface area contributed by atoms with Gasteiger partial charge in [0.25, 0.3) is 0 Å². The third-order valence-corrected chi connectivity index (χ3v) is 3.06. The molecule has 1 aliphatic rings. The molecule has 0 N–H and O–H groups in total. The van der Waals surface area contributed by atoms with Gasteiger partial charge in [-0.15, -0.1) is 0 Å². The molecule has 0 aromatic rings. The fourth-order valence-corrected chi connectivity index (χ4v) is 2.70. The number of likely N-dealkylation sites (tertiary alicyclic amines) is 1. The number of rotatable bonds is 6. The lowest BCUT2D eigenvalue weighted by molar-refractivity contribution is -0.129. The van der Waals surface area contributed by atoms with E-state index in [0.29, 0.717) is 19.5 Å². The van der Waals surface area contributed by atoms with Gasteiger partial charge in [0.05, 0.1) is 0 Å². The fraction of sp³-hybridized carbons (Fsp3) is 0.917. The Kier molecular flexibility index (Phi) is 4.99. The van der Waals surface area contributed by atoms with Crippen molar-refractivity contribution >= 4 is 5.91 Å². The second kappa shape index (κ2) is 6.07. The number of hydrogen-bond donors (Lipinski definition) is 0. The zero-order chi connectivity index (χ0) is 13.8. The van der Waals surface area contributed by atoms with E-state index in [0.717, 1.165) is 13.1 Å². The summed E-state index contributed by atoms with van der Waals surface area (Å²) in [5, 5.41) is 3.56. The van der Waals surface area contributed by atoms with Crippen LogP contribution in [0.3, 0.4) is 0 Å². The molecule has 1 aliphatic heterocycles. The summed E-state index contributed by atoms with van der Waals surface area (Å²) in [6.07, 6.45) is 0.511. The standard InChI is InChI=1S/C12H23N5O/c1-12(2,8-16(3)4)9-17-7-10(5-11(17)18)6-14-15-13/h10H,5-9H2,1-4H3. The van der Waals surface area contributed by atoms with E-state index < -0.39 is 0 Å². The van der Waals surface area contributed by atoms with Crippen molar-refractivity contribution in [3.8, 4) is 0 Å². The van der Waals surface area contributed by atoms with Gasteiger partial charge < -0.3 is 9.80 Å². The summed E-state index contributed by atoms with van der Waals surface area (Å²) in [5.41, 5.74) is 8.37. The molecule has 0 radical (unpaired) electrons. The average molecular weight is 253 g/mol. The smallest absolute Gasteiger partial charge is 0.222 e. The molecule has 0 aromatic carbocycles. The number of amides is 1. The van der Waals surface area contributed by atoms with Crippen molar-refractivity contribution in [2.75, 3.05) is 40.3 Å². The molecule has 1 heterocycles. The Morgan fingerprint density at radius 3 is 2.78 bits per heavy atom. The third kappa shape index (κ3) is 4.55. The van der Waals surface area contributed by atoms with Crippen molar-refractivity contribution < 1.29 is 4.79 Å². The molecule has 0 saturated carbocycles. The van der Waals surface area contributed by atoms with E-state index in [4.69, 9.17) is 5.53 Å². The monoisotopic (exact) mass is 253 g/mol. The number of carbonyl (C=O) groups is 1. The molecular formula is C12H23N5O. The SMILES string of the molecule is CN(C)CC(C)(C)CN1CC(CN=[N+]=[N-])CC1=O. The molecule has 0 aliphatic carbocycles. The van der Waals surface area contributed by atoms with Crippen LogP contribution < -0.4 is 0 Å². The molecule has 1 amide bonds. The third-order valence-electron chi connectivity index (χ3n) is 3.06. The van der Waals surface area contributed by atoms with E-state index >= 15 is 0 Å². The minimum atomic E-state index is 0.0759. The lowest BCUT2D eigenvalue weighted by Crippen LogP contribution is -2.41. The highest BCUT2D eigenvalue weighted by Crippen LogP contribution is 2.24. The van der Waals surface area contributed by atoms with Crippen molar-refractivity contribution in [1.29, 1.82) is 0 Å². The topological polar surface area (TPSA) is 72.3 Å². The first-order chi connectivity index (χ1) is 8.34. The predicted octanol–water partition coefficient (Wildman–Crippen LogP) is 1.73. The average Bonchev–Trinajstić information content (AvgIpc) is 2.53. The van der Waals surface area contributed by atoms with Gasteiger partial charge >= 0.3 is 0 Å². The summed E-state index contributed by atoms with van der Waals surface area (Å²) in [6.45, 7) is 7.18. The first-order valence-corrected chi connectivity index (χ1v) is 6.27. The van der Waals surface area contributed by atoms with Crippen LogP contribution in [0, 0.1) is 11.3 Å². The molecular weight excluding hydrogens is 230 g/mol. The van der Waals surface area contributed by atoms with Crippen molar-refractivity contribution in [2.24, 2.45) is 16.4 Å². The van der Waals surface area contributed by atoms with E-state index in [9.17, 15) is 4.79 Å². The molecule has 102 valence electrons. The summed E-state index contributed by atoms with van der Waals surface area (Å²) < 4.78 is 0. The maximum atomic E-state index is 11.9. The normalized spacial score (nSPS) is 20.4. The van der Waals surface area contributed by atoms with Crippen LogP contribution in [0.5, 0.6) is 0 Å². The van der Waals surface area contributed by atoms with Gasteiger partial charge in [0.15, 0.2) is 0 Å². The van der Waals surface area contributed by atoms with Crippen LogP contribution in [0.1, 0.15) is 20.3 Å². The molecule has 1 unspecified atom stereocenters. The largest absolute Gasteiger partial charge is 0.342 e. The molecule has 1 rings (SSSR count). The van der Waals surface area contributed by atoms with Crippen LogP contribution in [0.15, 0.2) is 5.11 Å². The fourth-order valence-electron chi connectivity index (χ4n) is 2.70. The minimum absolute atomic E-state index is 0.0759. The van der Waals surface area contributed by atoms with Crippen LogP contribution in [-0.4, -0.2) is 56.0 Å². The van der Waals surface area contributed by atoms with Crippen LogP contribution >= 0.6 is 0 Å². The predicted molar refractivity (Wildman–Crippen MR) is 71.0 cm³/mol. The Bertz CT molecular complexity index is 346. The summed E-state index contributed by atoms with van der Waals surface area (Å²) in [4.78, 5) is 18.7. The lowest BCUT2D eigenvalue weighted by atomic mass is 9.92. The lowest BCUT2D eigenvalue weighted by Gasteiger charge is -2.32. The van der Waals surface area contributed by atoms with Crippen molar-refractivity contribution in [1.82, 2.24) is 9.80 Å². The highest BCUT2D eigenvalue weighted by molar-refractivity contribution is 5.78. The first-order valence-electron chi connectivity index (χ1n) is 6.27. The Hall–Kier alpha value is -1.26. The maximum Gasteiger partial charge on any atom is 0.222 e. The van der Waals surface area contributed by atoms with Crippen molar-refractivity contribution in [3.63, 3.8) is 0 Å². The molecule has 6 heteroatoms. The second-order valence-corrected chi connectivity index (χ2v) is 6.16. The summed E-state index contributed by atoms with van der Waals surface area (Å²) in [6, 6.07) is 0. The summed E-state index contributed by atoms with van der Waals surface area (Å²) >= 11 is 0. The Labute approximate surface area is 109 Å². The molecule has 1 atom stereocenters. The summed E-state index contributed by atoms with van der Waals surface area (Å²) in [7, 11) is 4.08. The minimum Gasteiger partial charge on any atom is -0.342 e. The highest BCUT2D eigenvalue weighted by Gasteiger charge is 2.33. The molecule has 0 aromatic heterocycles. The first kappa shape index (κ1) is 14.8. The van der Waals surface area contributed by atoms with Gasteiger partial charge in [-0.05, 0) is 31.0 Å². The maximum absolute atomic E-state index is 11.9. The zero-order valence-electron chi connectivity index (χ0n) is 11.8. The van der Waals surface area contributed by atoms with Crippen LogP contribution in [-0.2, 0) is 4.79 Å². The molecule has 6 nitrogen and oxygen atoms in total. The van der Waals surface area contributed by atoms with Gasteiger partial charge in [-0.25, -0.2) is 0 Å². The van der Waals surface area contributed by atoms with Gasteiger partial charge in [0.2, 0.25) is 5.91 Å². The van der Waals surface area contributed by atoms with E-state index in [1.807, 2.05) is 19.0 Å². The number of nitrogens with zero attached hydrogens (tertiary/aromatic N) is 5. The Morgan fingerprint density at radius 2 is 2.22 bits per heavy atom. The van der Waals surface area contributed by atoms with Crippen LogP contribution in [0.25, 0.3) is 10.4 Å². The van der Waals surface area contributed by atoms with E-state index in [2.05, 4.69) is 28.8 Å².